The zero-order valence-electron chi connectivity index (χ0n) is 15.3. The Labute approximate surface area is 158 Å². The third kappa shape index (κ3) is 5.28. The van der Waals surface area contributed by atoms with Crippen LogP contribution >= 0.6 is 0 Å². The molecule has 0 aliphatic carbocycles. The highest BCUT2D eigenvalue weighted by atomic mass is 16.5. The highest BCUT2D eigenvalue weighted by molar-refractivity contribution is 5.89. The molecule has 1 heterocycles. The average Bonchev–Trinajstić information content (AvgIpc) is 2.67. The van der Waals surface area contributed by atoms with Gasteiger partial charge in [-0.05, 0) is 50.2 Å². The molecular weight excluding hydrogens is 342 g/mol. The van der Waals surface area contributed by atoms with Gasteiger partial charge in [0.1, 0.15) is 18.2 Å². The molecule has 3 rings (SSSR count). The summed E-state index contributed by atoms with van der Waals surface area (Å²) >= 11 is 0. The Morgan fingerprint density at radius 2 is 1.78 bits per heavy atom. The molecule has 0 amide bonds. The molecule has 0 fully saturated rings. The topological polar surface area (TPSA) is 73.3 Å². The van der Waals surface area contributed by atoms with Crippen molar-refractivity contribution in [2.75, 3.05) is 11.9 Å². The standard InChI is InChI=1S/C21H21N3O3/c1-3-26-21(25)16-9-11-17(12-10-16)23-19-13-15(2)22-20(24-19)14-27-18-7-5-4-6-8-18/h4-13H,3,14H2,1-2H3,(H,22,23,24). The van der Waals surface area contributed by atoms with Crippen LogP contribution in [-0.2, 0) is 11.3 Å². The third-order valence-electron chi connectivity index (χ3n) is 3.68. The van der Waals surface area contributed by atoms with E-state index in [0.717, 1.165) is 17.1 Å². The molecule has 1 aromatic heterocycles. The van der Waals surface area contributed by atoms with Crippen LogP contribution in [0, 0.1) is 6.92 Å². The Bertz CT molecular complexity index is 896. The number of aryl methyl sites for hydroxylation is 1. The van der Waals surface area contributed by atoms with Crippen LogP contribution in [0.5, 0.6) is 5.75 Å². The Kier molecular flexibility index (Phi) is 5.99. The molecule has 0 spiro atoms. The monoisotopic (exact) mass is 363 g/mol. The van der Waals surface area contributed by atoms with Gasteiger partial charge in [0.15, 0.2) is 5.82 Å². The molecule has 0 atom stereocenters. The lowest BCUT2D eigenvalue weighted by atomic mass is 10.2. The number of nitrogens with zero attached hydrogens (tertiary/aromatic N) is 2. The number of hydrogen-bond acceptors (Lipinski definition) is 6. The fourth-order valence-electron chi connectivity index (χ4n) is 2.48. The van der Waals surface area contributed by atoms with Gasteiger partial charge in [0.25, 0.3) is 0 Å². The Hall–Kier alpha value is -3.41. The van der Waals surface area contributed by atoms with Crippen LogP contribution in [0.25, 0.3) is 0 Å². The highest BCUT2D eigenvalue weighted by Crippen LogP contribution is 2.17. The van der Waals surface area contributed by atoms with E-state index < -0.39 is 0 Å². The van der Waals surface area contributed by atoms with Gasteiger partial charge in [-0.15, -0.1) is 0 Å². The molecule has 138 valence electrons. The van der Waals surface area contributed by atoms with Crippen LogP contribution in [0.1, 0.15) is 28.8 Å². The zero-order valence-corrected chi connectivity index (χ0v) is 15.3. The maximum absolute atomic E-state index is 11.7. The highest BCUT2D eigenvalue weighted by Gasteiger charge is 2.07. The van der Waals surface area contributed by atoms with Crippen LogP contribution in [0.4, 0.5) is 11.5 Å². The fourth-order valence-corrected chi connectivity index (χ4v) is 2.48. The predicted molar refractivity (Wildman–Crippen MR) is 103 cm³/mol. The number of ether oxygens (including phenoxy) is 2. The predicted octanol–water partition coefficient (Wildman–Crippen LogP) is 4.28. The van der Waals surface area contributed by atoms with E-state index in [4.69, 9.17) is 9.47 Å². The van der Waals surface area contributed by atoms with Crippen LogP contribution in [0.15, 0.2) is 60.7 Å². The number of nitrogens with one attached hydrogen (secondary N) is 1. The van der Waals surface area contributed by atoms with Crippen molar-refractivity contribution in [2.45, 2.75) is 20.5 Å². The summed E-state index contributed by atoms with van der Waals surface area (Å²) in [7, 11) is 0. The summed E-state index contributed by atoms with van der Waals surface area (Å²) in [4.78, 5) is 20.6. The molecular formula is C21H21N3O3. The van der Waals surface area contributed by atoms with Gasteiger partial charge in [0, 0.05) is 17.4 Å². The van der Waals surface area contributed by atoms with E-state index in [1.54, 1.807) is 19.1 Å². The molecule has 27 heavy (non-hydrogen) atoms. The summed E-state index contributed by atoms with van der Waals surface area (Å²) in [5.41, 5.74) is 2.16. The lowest BCUT2D eigenvalue weighted by Crippen LogP contribution is -2.06. The summed E-state index contributed by atoms with van der Waals surface area (Å²) in [5, 5.41) is 3.22. The van der Waals surface area contributed by atoms with Crippen molar-refractivity contribution >= 4 is 17.5 Å². The largest absolute Gasteiger partial charge is 0.486 e. The van der Waals surface area contributed by atoms with E-state index in [1.165, 1.54) is 0 Å². The number of aromatic nitrogens is 2. The van der Waals surface area contributed by atoms with Crippen LogP contribution in [0.3, 0.4) is 0 Å². The molecule has 6 heteroatoms. The summed E-state index contributed by atoms with van der Waals surface area (Å²) in [6, 6.07) is 18.4. The van der Waals surface area contributed by atoms with E-state index >= 15 is 0 Å². The molecule has 0 aliphatic rings. The lowest BCUT2D eigenvalue weighted by molar-refractivity contribution is 0.0526. The summed E-state index contributed by atoms with van der Waals surface area (Å²) < 4.78 is 10.7. The van der Waals surface area contributed by atoms with Crippen molar-refractivity contribution in [3.8, 4) is 5.75 Å². The van der Waals surface area contributed by atoms with Gasteiger partial charge < -0.3 is 14.8 Å². The number of para-hydroxylation sites is 1. The van der Waals surface area contributed by atoms with Crippen molar-refractivity contribution in [2.24, 2.45) is 0 Å². The minimum Gasteiger partial charge on any atom is -0.486 e. The minimum atomic E-state index is -0.331. The Morgan fingerprint density at radius 1 is 1.04 bits per heavy atom. The summed E-state index contributed by atoms with van der Waals surface area (Å²) in [6.07, 6.45) is 0. The van der Waals surface area contributed by atoms with Crippen molar-refractivity contribution in [3.05, 3.63) is 77.7 Å². The third-order valence-corrected chi connectivity index (χ3v) is 3.68. The number of esters is 1. The molecule has 0 unspecified atom stereocenters. The quantitative estimate of drug-likeness (QED) is 0.632. The van der Waals surface area contributed by atoms with E-state index in [1.807, 2.05) is 55.5 Å². The molecule has 3 aromatic rings. The SMILES string of the molecule is CCOC(=O)c1ccc(Nc2cc(C)nc(COc3ccccc3)n2)cc1. The minimum absolute atomic E-state index is 0.280. The van der Waals surface area contributed by atoms with Gasteiger partial charge >= 0.3 is 5.97 Å². The fraction of sp³-hybridized carbons (Fsp3) is 0.190. The molecule has 1 N–H and O–H groups in total. The first-order chi connectivity index (χ1) is 13.1. The molecule has 0 bridgehead atoms. The van der Waals surface area contributed by atoms with Crippen LogP contribution in [-0.4, -0.2) is 22.5 Å². The molecule has 0 aliphatic heterocycles. The Balaban J connectivity index is 1.68. The number of hydrogen-bond donors (Lipinski definition) is 1. The molecule has 0 saturated carbocycles. The molecule has 0 saturated heterocycles. The molecule has 6 nitrogen and oxygen atoms in total. The van der Waals surface area contributed by atoms with Gasteiger partial charge in [-0.2, -0.15) is 0 Å². The van der Waals surface area contributed by atoms with Crippen molar-refractivity contribution < 1.29 is 14.3 Å². The maximum Gasteiger partial charge on any atom is 0.338 e. The first-order valence-electron chi connectivity index (χ1n) is 8.70. The Morgan fingerprint density at radius 3 is 2.48 bits per heavy atom. The van der Waals surface area contributed by atoms with E-state index in [9.17, 15) is 4.79 Å². The maximum atomic E-state index is 11.7. The number of rotatable bonds is 7. The second kappa shape index (κ2) is 8.80. The number of anilines is 2. The van der Waals surface area contributed by atoms with Gasteiger partial charge in [0.05, 0.1) is 12.2 Å². The summed E-state index contributed by atoms with van der Waals surface area (Å²) in [5.74, 6) is 1.69. The number of carbonyl (C=O) groups is 1. The van der Waals surface area contributed by atoms with Crippen LogP contribution < -0.4 is 10.1 Å². The lowest BCUT2D eigenvalue weighted by Gasteiger charge is -2.10. The second-order valence-electron chi connectivity index (χ2n) is 5.84. The van der Waals surface area contributed by atoms with Crippen molar-refractivity contribution in [1.82, 2.24) is 9.97 Å². The summed E-state index contributed by atoms with van der Waals surface area (Å²) in [6.45, 7) is 4.32. The number of carbonyl (C=O) groups excluding carboxylic acids is 1. The van der Waals surface area contributed by atoms with Gasteiger partial charge in [0.2, 0.25) is 0 Å². The smallest absolute Gasteiger partial charge is 0.338 e. The van der Waals surface area contributed by atoms with Gasteiger partial charge in [-0.1, -0.05) is 18.2 Å². The van der Waals surface area contributed by atoms with Gasteiger partial charge in [-0.25, -0.2) is 14.8 Å². The average molecular weight is 363 g/mol. The zero-order chi connectivity index (χ0) is 19.1. The van der Waals surface area contributed by atoms with E-state index in [-0.39, 0.29) is 12.6 Å². The molecule has 2 aromatic carbocycles. The van der Waals surface area contributed by atoms with E-state index in [0.29, 0.717) is 23.8 Å². The first kappa shape index (κ1) is 18.4. The van der Waals surface area contributed by atoms with Crippen molar-refractivity contribution in [1.29, 1.82) is 0 Å². The normalized spacial score (nSPS) is 10.3. The van der Waals surface area contributed by atoms with Crippen LogP contribution in [0.2, 0.25) is 0 Å². The van der Waals surface area contributed by atoms with E-state index in [2.05, 4.69) is 15.3 Å². The second-order valence-corrected chi connectivity index (χ2v) is 5.84. The number of benzene rings is 2. The molecule has 0 radical (unpaired) electrons. The first-order valence-corrected chi connectivity index (χ1v) is 8.70. The van der Waals surface area contributed by atoms with Crippen molar-refractivity contribution in [3.63, 3.8) is 0 Å². The van der Waals surface area contributed by atoms with Gasteiger partial charge in [-0.3, -0.25) is 0 Å².